The van der Waals surface area contributed by atoms with E-state index in [9.17, 15) is 0 Å². The fourth-order valence-corrected chi connectivity index (χ4v) is 4.13. The Kier molecular flexibility index (Phi) is 4.11. The second-order valence-corrected chi connectivity index (χ2v) is 6.76. The molecular weight excluding hydrogens is 296 g/mol. The Hall–Kier alpha value is -0.530. The minimum atomic E-state index is 0.626. The molecule has 1 fully saturated rings. The summed E-state index contributed by atoms with van der Waals surface area (Å²) in [4.78, 5) is 3.28. The molecule has 1 aliphatic rings. The Labute approximate surface area is 115 Å². The molecule has 2 nitrogen and oxygen atoms in total. The van der Waals surface area contributed by atoms with Crippen molar-refractivity contribution >= 4 is 32.3 Å². The van der Waals surface area contributed by atoms with Gasteiger partial charge in [-0.15, -0.1) is 11.3 Å². The van der Waals surface area contributed by atoms with Gasteiger partial charge in [-0.2, -0.15) is 5.26 Å². The number of halogens is 1. The maximum atomic E-state index is 9.02. The quantitative estimate of drug-likeness (QED) is 0.809. The van der Waals surface area contributed by atoms with E-state index in [4.69, 9.17) is 5.26 Å². The van der Waals surface area contributed by atoms with Crippen molar-refractivity contribution in [3.63, 3.8) is 0 Å². The van der Waals surface area contributed by atoms with Crippen molar-refractivity contribution in [3.8, 4) is 6.07 Å². The Morgan fingerprint density at radius 3 is 2.88 bits per heavy atom. The molecule has 1 aromatic rings. The monoisotopic (exact) mass is 312 g/mol. The van der Waals surface area contributed by atoms with Gasteiger partial charge in [0.2, 0.25) is 0 Å². The summed E-state index contributed by atoms with van der Waals surface area (Å²) in [6, 6.07) is 4.97. The van der Waals surface area contributed by atoms with E-state index in [1.807, 2.05) is 0 Å². The molecule has 0 bridgehead atoms. The molecule has 1 aliphatic heterocycles. The van der Waals surface area contributed by atoms with Crippen LogP contribution in [0.1, 0.15) is 38.0 Å². The first-order valence-corrected chi connectivity index (χ1v) is 7.70. The molecule has 1 unspecified atom stereocenters. The smallest absolute Gasteiger partial charge is 0.121 e. The van der Waals surface area contributed by atoms with E-state index in [1.54, 1.807) is 11.3 Å². The van der Waals surface area contributed by atoms with E-state index < -0.39 is 0 Å². The van der Waals surface area contributed by atoms with Gasteiger partial charge in [0.1, 0.15) is 10.9 Å². The second-order valence-electron chi connectivity index (χ2n) is 4.87. The van der Waals surface area contributed by atoms with Crippen LogP contribution < -0.4 is 4.90 Å². The normalized spacial score (nSPS) is 20.6. The summed E-state index contributed by atoms with van der Waals surface area (Å²) in [6.07, 6.45) is 3.87. The SMILES string of the molecule is CC(C)C1CCCCN1c1cc(Br)c(C#N)s1. The summed E-state index contributed by atoms with van der Waals surface area (Å²) in [5.74, 6) is 0.668. The van der Waals surface area contributed by atoms with E-state index in [0.717, 1.165) is 15.9 Å². The summed E-state index contributed by atoms with van der Waals surface area (Å²) in [6.45, 7) is 5.70. The summed E-state index contributed by atoms with van der Waals surface area (Å²) in [5, 5.41) is 10.3. The number of piperidine rings is 1. The summed E-state index contributed by atoms with van der Waals surface area (Å²) < 4.78 is 0.938. The van der Waals surface area contributed by atoms with Gasteiger partial charge in [0.25, 0.3) is 0 Å². The molecule has 0 spiro atoms. The molecule has 0 aromatic carbocycles. The van der Waals surface area contributed by atoms with Gasteiger partial charge in [0.05, 0.1) is 5.00 Å². The molecule has 1 saturated heterocycles. The standard InChI is InChI=1S/C13H17BrN2S/c1-9(2)11-5-3-4-6-16(11)13-7-10(14)12(8-15)17-13/h7,9,11H,3-6H2,1-2H3. The number of nitrogens with zero attached hydrogens (tertiary/aromatic N) is 2. The average Bonchev–Trinajstić information content (AvgIpc) is 2.70. The molecule has 1 aromatic heterocycles. The molecule has 0 saturated carbocycles. The summed E-state index contributed by atoms with van der Waals surface area (Å²) in [5.41, 5.74) is 0. The predicted octanol–water partition coefficient (Wildman–Crippen LogP) is 4.40. The van der Waals surface area contributed by atoms with Crippen molar-refractivity contribution in [2.45, 2.75) is 39.2 Å². The third-order valence-corrected chi connectivity index (χ3v) is 5.34. The molecule has 0 aliphatic carbocycles. The van der Waals surface area contributed by atoms with Gasteiger partial charge in [0, 0.05) is 17.1 Å². The van der Waals surface area contributed by atoms with Crippen molar-refractivity contribution in [3.05, 3.63) is 15.4 Å². The third kappa shape index (κ3) is 2.66. The fraction of sp³-hybridized carbons (Fsp3) is 0.615. The second kappa shape index (κ2) is 5.41. The van der Waals surface area contributed by atoms with E-state index in [0.29, 0.717) is 12.0 Å². The van der Waals surface area contributed by atoms with Crippen molar-refractivity contribution in [2.24, 2.45) is 5.92 Å². The first-order valence-electron chi connectivity index (χ1n) is 6.09. The number of anilines is 1. The van der Waals surface area contributed by atoms with Crippen LogP contribution in [0.3, 0.4) is 0 Å². The minimum absolute atomic E-state index is 0.626. The summed E-state index contributed by atoms with van der Waals surface area (Å²) >= 11 is 5.07. The van der Waals surface area contributed by atoms with Crippen molar-refractivity contribution in [1.29, 1.82) is 5.26 Å². The van der Waals surface area contributed by atoms with Gasteiger partial charge in [-0.3, -0.25) is 0 Å². The molecule has 2 rings (SSSR count). The van der Waals surface area contributed by atoms with Crippen LogP contribution in [0.2, 0.25) is 0 Å². The number of rotatable bonds is 2. The zero-order valence-corrected chi connectivity index (χ0v) is 12.6. The van der Waals surface area contributed by atoms with Crippen LogP contribution in [-0.4, -0.2) is 12.6 Å². The number of nitriles is 1. The maximum absolute atomic E-state index is 9.02. The lowest BCUT2D eigenvalue weighted by atomic mass is 9.93. The molecule has 92 valence electrons. The minimum Gasteiger partial charge on any atom is -0.360 e. The lowest BCUT2D eigenvalue weighted by Crippen LogP contribution is -2.42. The van der Waals surface area contributed by atoms with Crippen LogP contribution in [0.15, 0.2) is 10.5 Å². The number of hydrogen-bond acceptors (Lipinski definition) is 3. The zero-order chi connectivity index (χ0) is 12.4. The topological polar surface area (TPSA) is 27.0 Å². The van der Waals surface area contributed by atoms with Crippen LogP contribution in [0.25, 0.3) is 0 Å². The van der Waals surface area contributed by atoms with E-state index in [-0.39, 0.29) is 0 Å². The van der Waals surface area contributed by atoms with Crippen LogP contribution in [0.4, 0.5) is 5.00 Å². The zero-order valence-electron chi connectivity index (χ0n) is 10.2. The Morgan fingerprint density at radius 1 is 1.53 bits per heavy atom. The lowest BCUT2D eigenvalue weighted by Gasteiger charge is -2.39. The van der Waals surface area contributed by atoms with Gasteiger partial charge in [-0.05, 0) is 47.2 Å². The van der Waals surface area contributed by atoms with Crippen LogP contribution in [0, 0.1) is 17.2 Å². The van der Waals surface area contributed by atoms with Crippen molar-refractivity contribution in [1.82, 2.24) is 0 Å². The van der Waals surface area contributed by atoms with Gasteiger partial charge >= 0.3 is 0 Å². The Bertz CT molecular complexity index is 433. The van der Waals surface area contributed by atoms with Gasteiger partial charge in [-0.1, -0.05) is 13.8 Å². The lowest BCUT2D eigenvalue weighted by molar-refractivity contribution is 0.377. The number of thiophene rings is 1. The fourth-order valence-electron chi connectivity index (χ4n) is 2.50. The molecule has 2 heterocycles. The maximum Gasteiger partial charge on any atom is 0.121 e. The Balaban J connectivity index is 2.27. The van der Waals surface area contributed by atoms with E-state index in [2.05, 4.69) is 46.8 Å². The van der Waals surface area contributed by atoms with Crippen LogP contribution >= 0.6 is 27.3 Å². The third-order valence-electron chi connectivity index (χ3n) is 3.38. The van der Waals surface area contributed by atoms with Gasteiger partial charge in [0.15, 0.2) is 0 Å². The number of hydrogen-bond donors (Lipinski definition) is 0. The highest BCUT2D eigenvalue weighted by molar-refractivity contribution is 9.10. The van der Waals surface area contributed by atoms with Crippen LogP contribution in [0.5, 0.6) is 0 Å². The molecule has 0 amide bonds. The van der Waals surface area contributed by atoms with Crippen molar-refractivity contribution < 1.29 is 0 Å². The largest absolute Gasteiger partial charge is 0.360 e. The van der Waals surface area contributed by atoms with Crippen molar-refractivity contribution in [2.75, 3.05) is 11.4 Å². The summed E-state index contributed by atoms with van der Waals surface area (Å²) in [7, 11) is 0. The molecular formula is C13H17BrN2S. The van der Waals surface area contributed by atoms with Gasteiger partial charge in [-0.25, -0.2) is 0 Å². The first kappa shape index (κ1) is 12.9. The molecule has 0 radical (unpaired) electrons. The first-order chi connectivity index (χ1) is 8.13. The highest BCUT2D eigenvalue weighted by atomic mass is 79.9. The van der Waals surface area contributed by atoms with Crippen LogP contribution in [-0.2, 0) is 0 Å². The molecule has 0 N–H and O–H groups in total. The average molecular weight is 313 g/mol. The molecule has 4 heteroatoms. The highest BCUT2D eigenvalue weighted by Crippen LogP contribution is 2.37. The molecule has 17 heavy (non-hydrogen) atoms. The van der Waals surface area contributed by atoms with Gasteiger partial charge < -0.3 is 4.90 Å². The molecule has 1 atom stereocenters. The Morgan fingerprint density at radius 2 is 2.29 bits per heavy atom. The highest BCUT2D eigenvalue weighted by Gasteiger charge is 2.26. The van der Waals surface area contributed by atoms with E-state index in [1.165, 1.54) is 24.3 Å². The van der Waals surface area contributed by atoms with E-state index >= 15 is 0 Å². The predicted molar refractivity (Wildman–Crippen MR) is 76.6 cm³/mol.